The third-order valence-electron chi connectivity index (χ3n) is 3.68. The molecule has 1 aromatic rings. The molecule has 2 rings (SSSR count). The largest absolute Gasteiger partial charge is 0.481 e. The Morgan fingerprint density at radius 2 is 2.14 bits per heavy atom. The zero-order chi connectivity index (χ0) is 16.7. The van der Waals surface area contributed by atoms with Crippen LogP contribution in [0.5, 0.6) is 0 Å². The van der Waals surface area contributed by atoms with E-state index in [2.05, 4.69) is 0 Å². The van der Waals surface area contributed by atoms with Crippen LogP contribution in [0.3, 0.4) is 0 Å². The van der Waals surface area contributed by atoms with Crippen LogP contribution in [0.15, 0.2) is 11.0 Å². The van der Waals surface area contributed by atoms with Crippen molar-refractivity contribution < 1.29 is 23.1 Å². The molecule has 0 spiro atoms. The van der Waals surface area contributed by atoms with Crippen molar-refractivity contribution in [1.82, 2.24) is 4.31 Å². The summed E-state index contributed by atoms with van der Waals surface area (Å²) in [5, 5.41) is 8.90. The normalized spacial score (nSPS) is 22.6. The first-order valence-electron chi connectivity index (χ1n) is 6.97. The number of aliphatic carboxylic acids is 1. The van der Waals surface area contributed by atoms with Gasteiger partial charge in [-0.3, -0.25) is 4.79 Å². The zero-order valence-corrected chi connectivity index (χ0v) is 14.8. The number of morpholine rings is 1. The van der Waals surface area contributed by atoms with Crippen LogP contribution >= 0.6 is 11.3 Å². The number of carboxylic acids is 1. The number of rotatable bonds is 4. The molecule has 0 aromatic carbocycles. The fourth-order valence-corrected chi connectivity index (χ4v) is 5.93. The Morgan fingerprint density at radius 3 is 2.64 bits per heavy atom. The van der Waals surface area contributed by atoms with Crippen molar-refractivity contribution in [2.75, 3.05) is 13.2 Å². The van der Waals surface area contributed by atoms with E-state index in [0.717, 1.165) is 9.75 Å². The van der Waals surface area contributed by atoms with Crippen molar-refractivity contribution >= 4 is 27.3 Å². The molecule has 1 saturated heterocycles. The number of carbonyl (C=O) groups is 1. The number of nitrogens with zero attached hydrogens (tertiary/aromatic N) is 1. The first-order chi connectivity index (χ1) is 10.0. The summed E-state index contributed by atoms with van der Waals surface area (Å²) in [4.78, 5) is 12.9. The Hall–Kier alpha value is -0.960. The average Bonchev–Trinajstić information content (AvgIpc) is 2.70. The maximum atomic E-state index is 13.0. The molecule has 1 unspecified atom stereocenters. The molecular formula is C14H21NO5S2. The summed E-state index contributed by atoms with van der Waals surface area (Å²) in [5.74, 6) is -0.996. The second-order valence-corrected chi connectivity index (χ2v) is 9.45. The lowest BCUT2D eigenvalue weighted by Gasteiger charge is -2.43. The lowest BCUT2D eigenvalue weighted by Crippen LogP contribution is -2.58. The van der Waals surface area contributed by atoms with Gasteiger partial charge in [0.25, 0.3) is 0 Å². The van der Waals surface area contributed by atoms with Crippen molar-refractivity contribution in [2.24, 2.45) is 0 Å². The molecule has 22 heavy (non-hydrogen) atoms. The molecule has 0 radical (unpaired) electrons. The van der Waals surface area contributed by atoms with E-state index in [0.29, 0.717) is 4.90 Å². The Morgan fingerprint density at radius 1 is 1.50 bits per heavy atom. The van der Waals surface area contributed by atoms with Gasteiger partial charge in [0.2, 0.25) is 10.0 Å². The molecule has 2 heterocycles. The van der Waals surface area contributed by atoms with Crippen molar-refractivity contribution in [1.29, 1.82) is 0 Å². The van der Waals surface area contributed by atoms with Crippen LogP contribution in [0, 0.1) is 13.8 Å². The van der Waals surface area contributed by atoms with Crippen LogP contribution in [-0.4, -0.2) is 48.6 Å². The number of hydrogen-bond donors (Lipinski definition) is 1. The Bertz CT molecular complexity index is 677. The molecule has 1 atom stereocenters. The van der Waals surface area contributed by atoms with Crippen LogP contribution in [-0.2, 0) is 19.6 Å². The molecule has 0 amide bonds. The molecule has 0 saturated carbocycles. The highest BCUT2D eigenvalue weighted by atomic mass is 32.2. The summed E-state index contributed by atoms with van der Waals surface area (Å²) >= 11 is 1.44. The first-order valence-corrected chi connectivity index (χ1v) is 9.23. The molecule has 1 fully saturated rings. The predicted octanol–water partition coefficient (Wildman–Crippen LogP) is 2.01. The second-order valence-electron chi connectivity index (χ2n) is 6.16. The van der Waals surface area contributed by atoms with Crippen molar-refractivity contribution in [3.8, 4) is 0 Å². The fraction of sp³-hybridized carbons (Fsp3) is 0.643. The summed E-state index contributed by atoms with van der Waals surface area (Å²) in [7, 11) is -3.68. The number of hydrogen-bond acceptors (Lipinski definition) is 5. The fourth-order valence-electron chi connectivity index (χ4n) is 2.60. The van der Waals surface area contributed by atoms with Crippen molar-refractivity contribution in [2.45, 2.75) is 50.7 Å². The molecular weight excluding hydrogens is 326 g/mol. The van der Waals surface area contributed by atoms with Crippen LogP contribution in [0.25, 0.3) is 0 Å². The topological polar surface area (TPSA) is 83.9 Å². The summed E-state index contributed by atoms with van der Waals surface area (Å²) in [5.41, 5.74) is -0.712. The van der Waals surface area contributed by atoms with Gasteiger partial charge in [-0.15, -0.1) is 11.3 Å². The SMILES string of the molecule is Cc1cc(S(=O)(=O)N2CC(CC(=O)O)OCC2(C)C)c(C)s1. The van der Waals surface area contributed by atoms with Gasteiger partial charge < -0.3 is 9.84 Å². The molecule has 6 nitrogen and oxygen atoms in total. The zero-order valence-electron chi connectivity index (χ0n) is 13.1. The standard InChI is InChI=1S/C14H21NO5S2/c1-9-5-12(10(2)21-9)22(18,19)15-7-11(6-13(16)17)20-8-14(15,3)4/h5,11H,6-8H2,1-4H3,(H,16,17). The van der Waals surface area contributed by atoms with Gasteiger partial charge in [-0.2, -0.15) is 4.31 Å². The van der Waals surface area contributed by atoms with Crippen LogP contribution in [0.4, 0.5) is 0 Å². The smallest absolute Gasteiger partial charge is 0.306 e. The van der Waals surface area contributed by atoms with Gasteiger partial charge in [-0.25, -0.2) is 8.42 Å². The third-order valence-corrected chi connectivity index (χ3v) is 6.98. The predicted molar refractivity (Wildman–Crippen MR) is 83.8 cm³/mol. The minimum Gasteiger partial charge on any atom is -0.481 e. The number of thiophene rings is 1. The lowest BCUT2D eigenvalue weighted by molar-refractivity contribution is -0.143. The van der Waals surface area contributed by atoms with Gasteiger partial charge >= 0.3 is 5.97 Å². The van der Waals surface area contributed by atoms with E-state index in [1.807, 2.05) is 6.92 Å². The van der Waals surface area contributed by atoms with Gasteiger partial charge in [0.15, 0.2) is 0 Å². The number of aryl methyl sites for hydroxylation is 2. The summed E-state index contributed by atoms with van der Waals surface area (Å²) in [6.45, 7) is 7.45. The van der Waals surface area contributed by atoms with Gasteiger partial charge in [0.05, 0.1) is 29.6 Å². The second kappa shape index (κ2) is 5.92. The Balaban J connectivity index is 2.37. The van der Waals surface area contributed by atoms with Crippen molar-refractivity contribution in [3.63, 3.8) is 0 Å². The summed E-state index contributed by atoms with van der Waals surface area (Å²) in [6, 6.07) is 1.67. The number of ether oxygens (including phenoxy) is 1. The number of carboxylic acid groups (broad SMARTS) is 1. The lowest BCUT2D eigenvalue weighted by atomic mass is 10.0. The van der Waals surface area contributed by atoms with E-state index in [9.17, 15) is 13.2 Å². The monoisotopic (exact) mass is 347 g/mol. The summed E-state index contributed by atoms with van der Waals surface area (Å²) < 4.78 is 32.9. The van der Waals surface area contributed by atoms with Gasteiger partial charge in [0.1, 0.15) is 0 Å². The Kier molecular flexibility index (Phi) is 4.68. The Labute approximate surface area is 134 Å². The van der Waals surface area contributed by atoms with E-state index in [1.54, 1.807) is 26.8 Å². The van der Waals surface area contributed by atoms with Crippen LogP contribution < -0.4 is 0 Å². The molecule has 1 aromatic heterocycles. The van der Waals surface area contributed by atoms with Gasteiger partial charge in [-0.1, -0.05) is 0 Å². The van der Waals surface area contributed by atoms with E-state index in [1.165, 1.54) is 15.6 Å². The minimum absolute atomic E-state index is 0.0516. The van der Waals surface area contributed by atoms with Gasteiger partial charge in [-0.05, 0) is 33.8 Å². The molecule has 1 aliphatic heterocycles. The third kappa shape index (κ3) is 3.34. The quantitative estimate of drug-likeness (QED) is 0.901. The highest BCUT2D eigenvalue weighted by Gasteiger charge is 2.44. The molecule has 0 aliphatic carbocycles. The average molecular weight is 347 g/mol. The maximum absolute atomic E-state index is 13.0. The molecule has 1 N–H and O–H groups in total. The molecule has 8 heteroatoms. The highest BCUT2D eigenvalue weighted by molar-refractivity contribution is 7.89. The van der Waals surface area contributed by atoms with E-state index >= 15 is 0 Å². The minimum atomic E-state index is -3.68. The van der Waals surface area contributed by atoms with E-state index in [-0.39, 0.29) is 19.6 Å². The highest BCUT2D eigenvalue weighted by Crippen LogP contribution is 2.34. The first kappa shape index (κ1) is 17.4. The van der Waals surface area contributed by atoms with Crippen molar-refractivity contribution in [3.05, 3.63) is 15.8 Å². The molecule has 124 valence electrons. The summed E-state index contributed by atoms with van der Waals surface area (Å²) in [6.07, 6.45) is -0.829. The van der Waals surface area contributed by atoms with E-state index < -0.39 is 27.6 Å². The van der Waals surface area contributed by atoms with Crippen LogP contribution in [0.1, 0.15) is 30.0 Å². The maximum Gasteiger partial charge on any atom is 0.306 e. The molecule has 0 bridgehead atoms. The van der Waals surface area contributed by atoms with Crippen LogP contribution in [0.2, 0.25) is 0 Å². The molecule has 1 aliphatic rings. The number of sulfonamides is 1. The van der Waals surface area contributed by atoms with E-state index in [4.69, 9.17) is 9.84 Å². The van der Waals surface area contributed by atoms with Gasteiger partial charge in [0, 0.05) is 16.3 Å².